The highest BCUT2D eigenvalue weighted by Crippen LogP contribution is 2.14. The van der Waals surface area contributed by atoms with Crippen LogP contribution in [-0.2, 0) is 4.79 Å². The number of ether oxygens (including phenoxy) is 1. The van der Waals surface area contributed by atoms with Gasteiger partial charge in [0.1, 0.15) is 5.75 Å². The Balaban J connectivity index is 1.42. The van der Waals surface area contributed by atoms with Crippen molar-refractivity contribution in [3.8, 4) is 5.75 Å². The predicted octanol–water partition coefficient (Wildman–Crippen LogP) is 2.49. The smallest absolute Gasteiger partial charge is 0.236 e. The Morgan fingerprint density at radius 1 is 1.28 bits per heavy atom. The van der Waals surface area contributed by atoms with Crippen LogP contribution in [0.15, 0.2) is 34.5 Å². The van der Waals surface area contributed by atoms with Crippen molar-refractivity contribution in [2.24, 2.45) is 10.2 Å². The van der Waals surface area contributed by atoms with E-state index < -0.39 is 0 Å². The van der Waals surface area contributed by atoms with E-state index >= 15 is 0 Å². The number of amides is 1. The van der Waals surface area contributed by atoms with Crippen LogP contribution in [-0.4, -0.2) is 54.2 Å². The molecule has 1 amide bonds. The highest BCUT2D eigenvalue weighted by Gasteiger charge is 2.15. The number of hydrogen-bond donors (Lipinski definition) is 1. The van der Waals surface area contributed by atoms with Gasteiger partial charge in [0, 0.05) is 6.54 Å². The Morgan fingerprint density at radius 2 is 2.16 bits per heavy atom. The second kappa shape index (κ2) is 9.58. The number of carbonyl (C=O) groups is 1. The molecule has 6 nitrogen and oxygen atoms in total. The maximum Gasteiger partial charge on any atom is 0.236 e. The standard InChI is InChI=1S/C18H24N4O2S/c23-17-14-25-18(20-17)21-19-13-15-6-4-7-16(12-15)24-11-5-10-22-8-2-1-3-9-22/h4,6-7,12-13H,1-3,5,8-11,14H2,(H,20,21,23). The minimum atomic E-state index is -0.0288. The molecule has 134 valence electrons. The molecule has 7 heteroatoms. The lowest BCUT2D eigenvalue weighted by molar-refractivity contribution is -0.116. The molecule has 0 aromatic heterocycles. The van der Waals surface area contributed by atoms with Crippen molar-refractivity contribution < 1.29 is 9.53 Å². The van der Waals surface area contributed by atoms with Crippen LogP contribution >= 0.6 is 11.8 Å². The summed E-state index contributed by atoms with van der Waals surface area (Å²) >= 11 is 1.36. The molecule has 2 fully saturated rings. The number of nitrogens with zero attached hydrogens (tertiary/aromatic N) is 3. The van der Waals surface area contributed by atoms with E-state index in [0.29, 0.717) is 10.9 Å². The fraction of sp³-hybridized carbons (Fsp3) is 0.500. The van der Waals surface area contributed by atoms with Crippen LogP contribution in [0, 0.1) is 0 Å². The third kappa shape index (κ3) is 6.17. The zero-order valence-corrected chi connectivity index (χ0v) is 15.1. The molecule has 3 rings (SSSR count). The van der Waals surface area contributed by atoms with Gasteiger partial charge in [-0.1, -0.05) is 30.3 Å². The zero-order chi connectivity index (χ0) is 17.3. The van der Waals surface area contributed by atoms with Crippen LogP contribution in [0.25, 0.3) is 0 Å². The van der Waals surface area contributed by atoms with Gasteiger partial charge in [-0.2, -0.15) is 5.10 Å². The third-order valence-corrected chi connectivity index (χ3v) is 5.00. The number of thioether (sulfide) groups is 1. The third-order valence-electron chi connectivity index (χ3n) is 4.14. The molecule has 0 bridgehead atoms. The summed E-state index contributed by atoms with van der Waals surface area (Å²) in [6, 6.07) is 7.80. The van der Waals surface area contributed by atoms with E-state index in [2.05, 4.69) is 20.4 Å². The second-order valence-corrected chi connectivity index (χ2v) is 7.13. The van der Waals surface area contributed by atoms with Gasteiger partial charge in [0.05, 0.1) is 18.6 Å². The second-order valence-electron chi connectivity index (χ2n) is 6.16. The summed E-state index contributed by atoms with van der Waals surface area (Å²) in [6.07, 6.45) is 6.74. The summed E-state index contributed by atoms with van der Waals surface area (Å²) in [4.78, 5) is 13.6. The normalized spacial score (nSPS) is 20.3. The molecule has 0 aliphatic carbocycles. The lowest BCUT2D eigenvalue weighted by Gasteiger charge is -2.26. The number of carbonyl (C=O) groups excluding carboxylic acids is 1. The van der Waals surface area contributed by atoms with Crippen LogP contribution in [0.5, 0.6) is 5.75 Å². The van der Waals surface area contributed by atoms with E-state index in [1.165, 1.54) is 44.1 Å². The van der Waals surface area contributed by atoms with Gasteiger partial charge in [-0.25, -0.2) is 0 Å². The van der Waals surface area contributed by atoms with E-state index in [1.54, 1.807) is 6.21 Å². The molecule has 25 heavy (non-hydrogen) atoms. The fourth-order valence-electron chi connectivity index (χ4n) is 2.87. The van der Waals surface area contributed by atoms with Crippen LogP contribution in [0.4, 0.5) is 0 Å². The minimum Gasteiger partial charge on any atom is -0.494 e. The summed E-state index contributed by atoms with van der Waals surface area (Å²) in [5.41, 5.74) is 0.923. The molecule has 2 aliphatic rings. The molecule has 0 radical (unpaired) electrons. The average Bonchev–Trinajstić information content (AvgIpc) is 3.05. The van der Waals surface area contributed by atoms with Crippen molar-refractivity contribution in [2.75, 3.05) is 32.0 Å². The predicted molar refractivity (Wildman–Crippen MR) is 102 cm³/mol. The van der Waals surface area contributed by atoms with E-state index in [1.807, 2.05) is 24.3 Å². The van der Waals surface area contributed by atoms with Gasteiger partial charge >= 0.3 is 0 Å². The monoisotopic (exact) mass is 360 g/mol. The lowest BCUT2D eigenvalue weighted by Crippen LogP contribution is -2.31. The van der Waals surface area contributed by atoms with Crippen LogP contribution in [0.1, 0.15) is 31.2 Å². The van der Waals surface area contributed by atoms with Gasteiger partial charge < -0.3 is 15.0 Å². The first-order valence-electron chi connectivity index (χ1n) is 8.78. The summed E-state index contributed by atoms with van der Waals surface area (Å²) in [5.74, 6) is 1.23. The first kappa shape index (κ1) is 17.9. The van der Waals surface area contributed by atoms with Gasteiger partial charge in [-0.15, -0.1) is 5.10 Å². The molecule has 0 spiro atoms. The molecule has 1 aromatic rings. The molecule has 0 unspecified atom stereocenters. The first-order valence-corrected chi connectivity index (χ1v) is 9.77. The molecule has 1 aromatic carbocycles. The van der Waals surface area contributed by atoms with Crippen molar-refractivity contribution in [3.05, 3.63) is 29.8 Å². The van der Waals surface area contributed by atoms with Crippen molar-refractivity contribution in [2.45, 2.75) is 25.7 Å². The van der Waals surface area contributed by atoms with Crippen LogP contribution in [0.3, 0.4) is 0 Å². The average molecular weight is 360 g/mol. The van der Waals surface area contributed by atoms with Crippen LogP contribution in [0.2, 0.25) is 0 Å². The summed E-state index contributed by atoms with van der Waals surface area (Å²) in [7, 11) is 0. The molecular formula is C18H24N4O2S. The number of benzene rings is 1. The van der Waals surface area contributed by atoms with Gasteiger partial charge in [-0.05, 0) is 50.0 Å². The van der Waals surface area contributed by atoms with Gasteiger partial charge in [0.25, 0.3) is 0 Å². The van der Waals surface area contributed by atoms with E-state index in [9.17, 15) is 4.79 Å². The molecule has 2 saturated heterocycles. The topological polar surface area (TPSA) is 66.3 Å². The molecule has 0 saturated carbocycles. The van der Waals surface area contributed by atoms with Crippen LogP contribution < -0.4 is 10.1 Å². The quantitative estimate of drug-likeness (QED) is 0.461. The SMILES string of the molecule is O=C1CSC(=NN=Cc2cccc(OCCCN3CCCCC3)c2)N1. The minimum absolute atomic E-state index is 0.0288. The highest BCUT2D eigenvalue weighted by molar-refractivity contribution is 8.15. The molecule has 0 atom stereocenters. The zero-order valence-electron chi connectivity index (χ0n) is 14.3. The van der Waals surface area contributed by atoms with E-state index in [0.717, 1.165) is 30.9 Å². The lowest BCUT2D eigenvalue weighted by atomic mass is 10.1. The number of amidine groups is 1. The number of hydrogen-bond acceptors (Lipinski definition) is 6. The summed E-state index contributed by atoms with van der Waals surface area (Å²) in [5, 5.41) is 11.2. The summed E-state index contributed by atoms with van der Waals surface area (Å²) < 4.78 is 5.85. The van der Waals surface area contributed by atoms with Crippen molar-refractivity contribution in [3.63, 3.8) is 0 Å². The Morgan fingerprint density at radius 3 is 2.96 bits per heavy atom. The number of piperidine rings is 1. The number of likely N-dealkylation sites (tertiary alicyclic amines) is 1. The fourth-order valence-corrected chi connectivity index (χ4v) is 3.50. The Hall–Kier alpha value is -1.86. The largest absolute Gasteiger partial charge is 0.494 e. The van der Waals surface area contributed by atoms with E-state index in [-0.39, 0.29) is 5.91 Å². The first-order chi connectivity index (χ1) is 12.3. The van der Waals surface area contributed by atoms with Gasteiger partial charge in [-0.3, -0.25) is 4.79 Å². The van der Waals surface area contributed by atoms with Crippen molar-refractivity contribution in [1.29, 1.82) is 0 Å². The molecule has 2 aliphatic heterocycles. The van der Waals surface area contributed by atoms with Crippen molar-refractivity contribution in [1.82, 2.24) is 10.2 Å². The Labute approximate surface area is 152 Å². The maximum atomic E-state index is 11.1. The molecule has 2 heterocycles. The number of rotatable bonds is 7. The van der Waals surface area contributed by atoms with Crippen molar-refractivity contribution >= 4 is 29.1 Å². The maximum absolute atomic E-state index is 11.1. The Bertz CT molecular complexity index is 642. The summed E-state index contributed by atoms with van der Waals surface area (Å²) in [6.45, 7) is 4.30. The number of nitrogens with one attached hydrogen (secondary N) is 1. The molecular weight excluding hydrogens is 336 g/mol. The van der Waals surface area contributed by atoms with E-state index in [4.69, 9.17) is 4.74 Å². The van der Waals surface area contributed by atoms with Gasteiger partial charge in [0.15, 0.2) is 5.17 Å². The highest BCUT2D eigenvalue weighted by atomic mass is 32.2. The van der Waals surface area contributed by atoms with Gasteiger partial charge in [0.2, 0.25) is 5.91 Å². The Kier molecular flexibility index (Phi) is 6.88. The molecule has 1 N–H and O–H groups in total.